The molecular formula is C19H20. The SMILES string of the molecule is C=C/C1=C(\C=C)CC(C(C)C)c2ccccc2C#C1. The van der Waals surface area contributed by atoms with E-state index in [1.165, 1.54) is 11.1 Å². The van der Waals surface area contributed by atoms with Crippen LogP contribution in [-0.4, -0.2) is 0 Å². The van der Waals surface area contributed by atoms with Crippen LogP contribution in [0.1, 0.15) is 37.3 Å². The van der Waals surface area contributed by atoms with E-state index < -0.39 is 0 Å². The van der Waals surface area contributed by atoms with Crippen molar-refractivity contribution in [1.82, 2.24) is 0 Å². The van der Waals surface area contributed by atoms with Crippen molar-refractivity contribution in [1.29, 1.82) is 0 Å². The van der Waals surface area contributed by atoms with Gasteiger partial charge in [-0.25, -0.2) is 0 Å². The van der Waals surface area contributed by atoms with Gasteiger partial charge >= 0.3 is 0 Å². The summed E-state index contributed by atoms with van der Waals surface area (Å²) >= 11 is 0. The van der Waals surface area contributed by atoms with Crippen molar-refractivity contribution < 1.29 is 0 Å². The lowest BCUT2D eigenvalue weighted by atomic mass is 9.79. The van der Waals surface area contributed by atoms with Crippen LogP contribution in [0.25, 0.3) is 0 Å². The average molecular weight is 248 g/mol. The normalized spacial score (nSPS) is 21.7. The Balaban J connectivity index is 2.64. The molecule has 2 rings (SSSR count). The molecule has 0 nitrogen and oxygen atoms in total. The van der Waals surface area contributed by atoms with E-state index in [1.54, 1.807) is 0 Å². The third kappa shape index (κ3) is 2.71. The lowest BCUT2D eigenvalue weighted by Crippen LogP contribution is -2.11. The minimum absolute atomic E-state index is 0.480. The maximum Gasteiger partial charge on any atom is 0.0284 e. The summed E-state index contributed by atoms with van der Waals surface area (Å²) < 4.78 is 0. The van der Waals surface area contributed by atoms with Gasteiger partial charge < -0.3 is 0 Å². The summed E-state index contributed by atoms with van der Waals surface area (Å²) in [5, 5.41) is 0. The molecule has 0 bridgehead atoms. The van der Waals surface area contributed by atoms with E-state index >= 15 is 0 Å². The second-order valence-electron chi connectivity index (χ2n) is 5.24. The number of allylic oxidation sites excluding steroid dienone is 4. The molecule has 0 fully saturated rings. The van der Waals surface area contributed by atoms with Gasteiger partial charge in [-0.15, -0.1) is 0 Å². The Hall–Kier alpha value is -2.00. The highest BCUT2D eigenvalue weighted by Crippen LogP contribution is 2.35. The standard InChI is InChI=1S/C19H20/c1-5-15-11-12-17-9-7-8-10-18(17)19(14(3)4)13-16(15)6-2/h5-10,14,19H,1-2,13H2,3-4H3/b16-15-. The van der Waals surface area contributed by atoms with E-state index in [1.807, 2.05) is 12.2 Å². The van der Waals surface area contributed by atoms with Crippen molar-refractivity contribution in [3.8, 4) is 11.8 Å². The summed E-state index contributed by atoms with van der Waals surface area (Å²) in [4.78, 5) is 0. The van der Waals surface area contributed by atoms with Crippen molar-refractivity contribution in [2.45, 2.75) is 26.2 Å². The molecule has 0 aromatic heterocycles. The maximum absolute atomic E-state index is 3.93. The third-order valence-electron chi connectivity index (χ3n) is 3.73. The molecule has 0 saturated heterocycles. The molecule has 1 aliphatic carbocycles. The van der Waals surface area contributed by atoms with Gasteiger partial charge in [-0.2, -0.15) is 0 Å². The van der Waals surface area contributed by atoms with Gasteiger partial charge in [0.05, 0.1) is 0 Å². The Kier molecular flexibility index (Phi) is 4.07. The Morgan fingerprint density at radius 3 is 2.53 bits per heavy atom. The van der Waals surface area contributed by atoms with E-state index in [9.17, 15) is 0 Å². The van der Waals surface area contributed by atoms with Crippen LogP contribution in [0.2, 0.25) is 0 Å². The first-order valence-corrected chi connectivity index (χ1v) is 6.76. The van der Waals surface area contributed by atoms with Crippen LogP contribution >= 0.6 is 0 Å². The second kappa shape index (κ2) is 5.76. The molecule has 0 N–H and O–H groups in total. The van der Waals surface area contributed by atoms with Gasteiger partial charge in [0, 0.05) is 11.1 Å². The molecule has 0 amide bonds. The largest absolute Gasteiger partial charge is 0.0987 e. The lowest BCUT2D eigenvalue weighted by Gasteiger charge is -2.24. The molecule has 1 atom stereocenters. The van der Waals surface area contributed by atoms with Gasteiger partial charge in [-0.05, 0) is 35.5 Å². The van der Waals surface area contributed by atoms with Gasteiger partial charge in [0.1, 0.15) is 0 Å². The summed E-state index contributed by atoms with van der Waals surface area (Å²) in [6, 6.07) is 8.47. The highest BCUT2D eigenvalue weighted by atomic mass is 14.2. The molecule has 1 aromatic carbocycles. The third-order valence-corrected chi connectivity index (χ3v) is 3.73. The molecular weight excluding hydrogens is 228 g/mol. The molecule has 0 saturated carbocycles. The number of hydrogen-bond acceptors (Lipinski definition) is 0. The first-order valence-electron chi connectivity index (χ1n) is 6.76. The maximum atomic E-state index is 3.93. The molecule has 0 heterocycles. The van der Waals surface area contributed by atoms with Crippen LogP contribution in [0.15, 0.2) is 60.7 Å². The smallest absolute Gasteiger partial charge is 0.0284 e. The zero-order chi connectivity index (χ0) is 13.8. The summed E-state index contributed by atoms with van der Waals surface area (Å²) in [5.41, 5.74) is 4.71. The van der Waals surface area contributed by atoms with E-state index in [0.717, 1.165) is 17.6 Å². The molecule has 1 aromatic rings. The van der Waals surface area contributed by atoms with E-state index in [0.29, 0.717) is 11.8 Å². The van der Waals surface area contributed by atoms with Crippen molar-refractivity contribution in [2.24, 2.45) is 5.92 Å². The molecule has 0 aliphatic heterocycles. The number of hydrogen-bond donors (Lipinski definition) is 0. The van der Waals surface area contributed by atoms with E-state index in [-0.39, 0.29) is 0 Å². The highest BCUT2D eigenvalue weighted by molar-refractivity contribution is 5.54. The van der Waals surface area contributed by atoms with Crippen LogP contribution in [0.5, 0.6) is 0 Å². The number of rotatable bonds is 3. The summed E-state index contributed by atoms with van der Waals surface area (Å²) in [6.07, 6.45) is 4.75. The minimum Gasteiger partial charge on any atom is -0.0987 e. The van der Waals surface area contributed by atoms with E-state index in [4.69, 9.17) is 0 Å². The summed E-state index contributed by atoms with van der Waals surface area (Å²) in [7, 11) is 0. The predicted octanol–water partition coefficient (Wildman–Crippen LogP) is 4.85. The Morgan fingerprint density at radius 2 is 1.89 bits per heavy atom. The fraction of sp³-hybridized carbons (Fsp3) is 0.263. The van der Waals surface area contributed by atoms with Gasteiger partial charge in [0.25, 0.3) is 0 Å². The molecule has 1 unspecified atom stereocenters. The van der Waals surface area contributed by atoms with Crippen LogP contribution in [0.4, 0.5) is 0 Å². The van der Waals surface area contributed by atoms with E-state index in [2.05, 4.69) is 63.1 Å². The molecule has 0 radical (unpaired) electrons. The summed E-state index contributed by atoms with van der Waals surface area (Å²) in [6.45, 7) is 12.3. The molecule has 19 heavy (non-hydrogen) atoms. The quantitative estimate of drug-likeness (QED) is 0.671. The predicted molar refractivity (Wildman–Crippen MR) is 82.9 cm³/mol. The van der Waals surface area contributed by atoms with Gasteiger partial charge in [0.15, 0.2) is 0 Å². The second-order valence-corrected chi connectivity index (χ2v) is 5.24. The van der Waals surface area contributed by atoms with Crippen LogP contribution in [0.3, 0.4) is 0 Å². The fourth-order valence-electron chi connectivity index (χ4n) is 2.58. The molecule has 0 spiro atoms. The number of benzene rings is 1. The van der Waals surface area contributed by atoms with Crippen LogP contribution < -0.4 is 0 Å². The Labute approximate surface area is 116 Å². The first kappa shape index (κ1) is 13.4. The fourth-order valence-corrected chi connectivity index (χ4v) is 2.58. The first-order chi connectivity index (χ1) is 9.17. The monoisotopic (exact) mass is 248 g/mol. The van der Waals surface area contributed by atoms with Crippen molar-refractivity contribution >= 4 is 0 Å². The van der Waals surface area contributed by atoms with Crippen LogP contribution in [-0.2, 0) is 0 Å². The average Bonchev–Trinajstić information content (AvgIpc) is 2.40. The van der Waals surface area contributed by atoms with Gasteiger partial charge in [0.2, 0.25) is 0 Å². The zero-order valence-corrected chi connectivity index (χ0v) is 11.7. The van der Waals surface area contributed by atoms with Gasteiger partial charge in [-0.3, -0.25) is 0 Å². The Bertz CT molecular complexity index is 588. The van der Waals surface area contributed by atoms with Crippen LogP contribution in [0, 0.1) is 17.8 Å². The number of fused-ring (bicyclic) bond motifs is 1. The molecule has 1 aliphatic rings. The highest BCUT2D eigenvalue weighted by Gasteiger charge is 2.21. The molecule has 96 valence electrons. The zero-order valence-electron chi connectivity index (χ0n) is 11.7. The molecule has 0 heteroatoms. The lowest BCUT2D eigenvalue weighted by molar-refractivity contribution is 0.495. The topological polar surface area (TPSA) is 0 Å². The van der Waals surface area contributed by atoms with Crippen molar-refractivity contribution in [2.75, 3.05) is 0 Å². The summed E-state index contributed by atoms with van der Waals surface area (Å²) in [5.74, 6) is 7.57. The minimum atomic E-state index is 0.480. The van der Waals surface area contributed by atoms with Gasteiger partial charge in [-0.1, -0.05) is 69.2 Å². The van der Waals surface area contributed by atoms with Crippen molar-refractivity contribution in [3.05, 3.63) is 71.8 Å². The van der Waals surface area contributed by atoms with Crippen molar-refractivity contribution in [3.63, 3.8) is 0 Å². The Morgan fingerprint density at radius 1 is 1.16 bits per heavy atom.